The van der Waals surface area contributed by atoms with Gasteiger partial charge >= 0.3 is 0 Å². The van der Waals surface area contributed by atoms with Crippen LogP contribution in [0.3, 0.4) is 0 Å². The molecule has 0 radical (unpaired) electrons. The number of sulfonamides is 1. The quantitative estimate of drug-likeness (QED) is 0.885. The van der Waals surface area contributed by atoms with Crippen molar-refractivity contribution in [2.45, 2.75) is 37.6 Å². The van der Waals surface area contributed by atoms with Crippen molar-refractivity contribution in [2.75, 3.05) is 7.05 Å². The van der Waals surface area contributed by atoms with E-state index in [9.17, 15) is 13.2 Å². The number of amides is 1. The van der Waals surface area contributed by atoms with Crippen LogP contribution in [0.5, 0.6) is 0 Å². The summed E-state index contributed by atoms with van der Waals surface area (Å²) < 4.78 is 28.9. The summed E-state index contributed by atoms with van der Waals surface area (Å²) in [7, 11) is -2.19. The van der Waals surface area contributed by atoms with E-state index >= 15 is 0 Å². The Morgan fingerprint density at radius 2 is 2.00 bits per heavy atom. The van der Waals surface area contributed by atoms with Gasteiger partial charge in [-0.3, -0.25) is 4.79 Å². The van der Waals surface area contributed by atoms with Gasteiger partial charge in [-0.2, -0.15) is 0 Å². The minimum atomic E-state index is -3.85. The molecule has 134 valence electrons. The Bertz CT molecular complexity index is 917. The summed E-state index contributed by atoms with van der Waals surface area (Å²) in [6.07, 6.45) is 1.14. The van der Waals surface area contributed by atoms with E-state index in [1.165, 1.54) is 17.0 Å². The standard InChI is InChI=1S/C18H22N2O4S/c1-11-4-6-14(25(19,22)23)9-16(11)18(21)20(3)10-13-5-7-17(24-13)15-8-12(15)2/h4-7,9,12,15H,8,10H2,1-3H3,(H2,19,22,23)/t12-,15-/m1/s1. The van der Waals surface area contributed by atoms with E-state index < -0.39 is 10.0 Å². The van der Waals surface area contributed by atoms with E-state index in [4.69, 9.17) is 9.56 Å². The van der Waals surface area contributed by atoms with Crippen LogP contribution in [0.2, 0.25) is 0 Å². The number of benzene rings is 1. The molecule has 1 amide bonds. The topological polar surface area (TPSA) is 93.6 Å². The highest BCUT2D eigenvalue weighted by atomic mass is 32.2. The predicted molar refractivity (Wildman–Crippen MR) is 93.6 cm³/mol. The molecule has 1 heterocycles. The number of hydrogen-bond acceptors (Lipinski definition) is 4. The van der Waals surface area contributed by atoms with Gasteiger partial charge in [-0.15, -0.1) is 0 Å². The van der Waals surface area contributed by atoms with E-state index in [-0.39, 0.29) is 10.8 Å². The lowest BCUT2D eigenvalue weighted by Gasteiger charge is -2.17. The first-order chi connectivity index (χ1) is 11.7. The van der Waals surface area contributed by atoms with Gasteiger partial charge < -0.3 is 9.32 Å². The van der Waals surface area contributed by atoms with E-state index in [0.29, 0.717) is 35.3 Å². The molecule has 0 unspecified atom stereocenters. The number of hydrogen-bond donors (Lipinski definition) is 1. The molecular weight excluding hydrogens is 340 g/mol. The molecule has 0 bridgehead atoms. The lowest BCUT2D eigenvalue weighted by atomic mass is 10.1. The third-order valence-electron chi connectivity index (χ3n) is 4.67. The van der Waals surface area contributed by atoms with Crippen LogP contribution < -0.4 is 5.14 Å². The third kappa shape index (κ3) is 3.77. The molecule has 1 fully saturated rings. The molecular formula is C18H22N2O4S. The monoisotopic (exact) mass is 362 g/mol. The largest absolute Gasteiger partial charge is 0.464 e. The van der Waals surface area contributed by atoms with Gasteiger partial charge in [0.1, 0.15) is 11.5 Å². The Morgan fingerprint density at radius 1 is 1.32 bits per heavy atom. The van der Waals surface area contributed by atoms with Crippen molar-refractivity contribution in [1.82, 2.24) is 4.90 Å². The Balaban J connectivity index is 1.77. The van der Waals surface area contributed by atoms with Crippen LogP contribution in [0.15, 0.2) is 39.6 Å². The second kappa shape index (κ2) is 6.31. The van der Waals surface area contributed by atoms with Crippen molar-refractivity contribution < 1.29 is 17.6 Å². The highest BCUT2D eigenvalue weighted by Gasteiger charge is 2.36. The molecule has 25 heavy (non-hydrogen) atoms. The van der Waals surface area contributed by atoms with Gasteiger partial charge in [-0.1, -0.05) is 13.0 Å². The highest BCUT2D eigenvalue weighted by Crippen LogP contribution is 2.47. The maximum absolute atomic E-state index is 12.7. The maximum atomic E-state index is 12.7. The summed E-state index contributed by atoms with van der Waals surface area (Å²) in [5.41, 5.74) is 1.01. The van der Waals surface area contributed by atoms with Gasteiger partial charge in [-0.05, 0) is 49.1 Å². The number of primary sulfonamides is 1. The molecule has 2 N–H and O–H groups in total. The number of rotatable bonds is 5. The van der Waals surface area contributed by atoms with Crippen molar-refractivity contribution >= 4 is 15.9 Å². The second-order valence-corrected chi connectivity index (χ2v) is 8.37. The second-order valence-electron chi connectivity index (χ2n) is 6.81. The van der Waals surface area contributed by atoms with Crippen LogP contribution in [0, 0.1) is 12.8 Å². The van der Waals surface area contributed by atoms with Crippen LogP contribution in [-0.2, 0) is 16.6 Å². The van der Waals surface area contributed by atoms with Gasteiger partial charge in [-0.25, -0.2) is 13.6 Å². The number of carbonyl (C=O) groups is 1. The molecule has 1 aromatic carbocycles. The average Bonchev–Trinajstić information content (AvgIpc) is 3.08. The molecule has 6 nitrogen and oxygen atoms in total. The van der Waals surface area contributed by atoms with Gasteiger partial charge in [0.2, 0.25) is 10.0 Å². The maximum Gasteiger partial charge on any atom is 0.254 e. The number of nitrogens with zero attached hydrogens (tertiary/aromatic N) is 1. The first-order valence-electron chi connectivity index (χ1n) is 8.14. The molecule has 1 aliphatic rings. The molecule has 7 heteroatoms. The fourth-order valence-corrected chi connectivity index (χ4v) is 3.46. The molecule has 3 rings (SSSR count). The van der Waals surface area contributed by atoms with Crippen molar-refractivity contribution in [3.63, 3.8) is 0 Å². The molecule has 0 spiro atoms. The fourth-order valence-electron chi connectivity index (χ4n) is 2.92. The van der Waals surface area contributed by atoms with Crippen LogP contribution in [0.4, 0.5) is 0 Å². The van der Waals surface area contributed by atoms with E-state index in [1.807, 2.05) is 12.1 Å². The SMILES string of the molecule is Cc1ccc(S(N)(=O)=O)cc1C(=O)N(C)Cc1ccc([C@@H]2C[C@H]2C)o1. The highest BCUT2D eigenvalue weighted by molar-refractivity contribution is 7.89. The minimum absolute atomic E-state index is 0.0714. The van der Waals surface area contributed by atoms with Crippen LogP contribution in [0.25, 0.3) is 0 Å². The van der Waals surface area contributed by atoms with Gasteiger partial charge in [0.25, 0.3) is 5.91 Å². The molecule has 0 aliphatic heterocycles. The predicted octanol–water partition coefficient (Wildman–Crippen LogP) is 2.63. The smallest absolute Gasteiger partial charge is 0.254 e. The first-order valence-corrected chi connectivity index (χ1v) is 9.69. The van der Waals surface area contributed by atoms with Gasteiger partial charge in [0.15, 0.2) is 0 Å². The van der Waals surface area contributed by atoms with Crippen LogP contribution >= 0.6 is 0 Å². The van der Waals surface area contributed by atoms with Gasteiger partial charge in [0.05, 0.1) is 11.4 Å². The lowest BCUT2D eigenvalue weighted by molar-refractivity contribution is 0.0774. The number of nitrogens with two attached hydrogens (primary N) is 1. The van der Waals surface area contributed by atoms with Crippen LogP contribution in [-0.4, -0.2) is 26.3 Å². The van der Waals surface area contributed by atoms with E-state index in [2.05, 4.69) is 6.92 Å². The zero-order valence-electron chi connectivity index (χ0n) is 14.5. The van der Waals surface area contributed by atoms with Crippen molar-refractivity contribution in [3.8, 4) is 0 Å². The van der Waals surface area contributed by atoms with E-state index in [0.717, 1.165) is 12.2 Å². The van der Waals surface area contributed by atoms with Gasteiger partial charge in [0, 0.05) is 18.5 Å². The van der Waals surface area contributed by atoms with Crippen molar-refractivity contribution in [2.24, 2.45) is 11.1 Å². The third-order valence-corrected chi connectivity index (χ3v) is 5.58. The fraction of sp³-hybridized carbons (Fsp3) is 0.389. The summed E-state index contributed by atoms with van der Waals surface area (Å²) >= 11 is 0. The normalized spacial score (nSPS) is 19.7. The summed E-state index contributed by atoms with van der Waals surface area (Å²) in [6.45, 7) is 4.26. The number of furan rings is 1. The number of aryl methyl sites for hydroxylation is 1. The minimum Gasteiger partial charge on any atom is -0.464 e. The zero-order valence-corrected chi connectivity index (χ0v) is 15.3. The Labute approximate surface area is 147 Å². The molecule has 1 aromatic heterocycles. The van der Waals surface area contributed by atoms with Crippen LogP contribution in [0.1, 0.15) is 46.7 Å². The molecule has 2 aromatic rings. The molecule has 1 aliphatic carbocycles. The van der Waals surface area contributed by atoms with Crippen molar-refractivity contribution in [1.29, 1.82) is 0 Å². The molecule has 2 atom stereocenters. The van der Waals surface area contributed by atoms with E-state index in [1.54, 1.807) is 20.0 Å². The lowest BCUT2D eigenvalue weighted by Crippen LogP contribution is -2.27. The first kappa shape index (κ1) is 17.7. The summed E-state index contributed by atoms with van der Waals surface area (Å²) in [5, 5.41) is 5.16. The summed E-state index contributed by atoms with van der Waals surface area (Å²) in [6, 6.07) is 8.16. The summed E-state index contributed by atoms with van der Waals surface area (Å²) in [4.78, 5) is 14.1. The number of carbonyl (C=O) groups excluding carboxylic acids is 1. The zero-order chi connectivity index (χ0) is 18.4. The molecule has 1 saturated carbocycles. The Hall–Kier alpha value is -2.12. The molecule has 0 saturated heterocycles. The Morgan fingerprint density at radius 3 is 2.60 bits per heavy atom. The Kier molecular flexibility index (Phi) is 4.47. The van der Waals surface area contributed by atoms with Crippen molar-refractivity contribution in [3.05, 3.63) is 53.0 Å². The summed E-state index contributed by atoms with van der Waals surface area (Å²) in [5.74, 6) is 2.55. The average molecular weight is 362 g/mol.